The van der Waals surface area contributed by atoms with Crippen LogP contribution < -0.4 is 0 Å². The summed E-state index contributed by atoms with van der Waals surface area (Å²) in [5, 5.41) is 0. The lowest BCUT2D eigenvalue weighted by Gasteiger charge is -2.26. The maximum absolute atomic E-state index is 5.79. The fraction of sp³-hybridized carbons (Fsp3) is 0.550. The lowest BCUT2D eigenvalue weighted by molar-refractivity contribution is 0.443. The van der Waals surface area contributed by atoms with E-state index in [0.717, 1.165) is 12.8 Å². The Kier molecular flexibility index (Phi) is 5.75. The Morgan fingerprint density at radius 3 is 2.67 bits per heavy atom. The third kappa shape index (κ3) is 4.26. The highest BCUT2D eigenvalue weighted by Gasteiger charge is 2.25. The van der Waals surface area contributed by atoms with Gasteiger partial charge < -0.3 is 0 Å². The third-order valence-electron chi connectivity index (χ3n) is 4.69. The van der Waals surface area contributed by atoms with Crippen molar-refractivity contribution in [3.05, 3.63) is 41.5 Å². The van der Waals surface area contributed by atoms with Crippen LogP contribution in [0.3, 0.4) is 0 Å². The maximum atomic E-state index is 5.79. The standard InChI is InChI=1S/C20H28S/c1-4-5-6-9-14-20(2,3)19(21)15-17-13-12-16-10-7-8-11-18(16)17/h7-8,10-11,13H,4-6,9,12,14-15H2,1-3H3. The molecule has 1 heteroatoms. The van der Waals surface area contributed by atoms with Gasteiger partial charge in [-0.15, -0.1) is 0 Å². The van der Waals surface area contributed by atoms with E-state index in [1.165, 1.54) is 53.7 Å². The molecule has 0 atom stereocenters. The van der Waals surface area contributed by atoms with Crippen molar-refractivity contribution in [1.29, 1.82) is 0 Å². The molecule has 0 nitrogen and oxygen atoms in total. The molecule has 0 aliphatic heterocycles. The molecule has 0 saturated heterocycles. The molecule has 0 heterocycles. The second-order valence-electron chi connectivity index (χ2n) is 6.89. The van der Waals surface area contributed by atoms with Gasteiger partial charge in [-0.2, -0.15) is 0 Å². The largest absolute Gasteiger partial charge is 0.0887 e. The Hall–Kier alpha value is -0.950. The van der Waals surface area contributed by atoms with Crippen LogP contribution in [0.5, 0.6) is 0 Å². The van der Waals surface area contributed by atoms with E-state index in [0.29, 0.717) is 0 Å². The third-order valence-corrected chi connectivity index (χ3v) is 5.39. The van der Waals surface area contributed by atoms with Gasteiger partial charge in [0.15, 0.2) is 0 Å². The molecule has 0 saturated carbocycles. The molecule has 0 unspecified atom stereocenters. The number of fused-ring (bicyclic) bond motifs is 1. The van der Waals surface area contributed by atoms with Crippen molar-refractivity contribution in [2.45, 2.75) is 65.7 Å². The first-order chi connectivity index (χ1) is 10.0. The summed E-state index contributed by atoms with van der Waals surface area (Å²) in [6.07, 6.45) is 10.9. The first-order valence-corrected chi connectivity index (χ1v) is 8.76. The Morgan fingerprint density at radius 2 is 1.90 bits per heavy atom. The van der Waals surface area contributed by atoms with Crippen molar-refractivity contribution in [2.24, 2.45) is 5.41 Å². The number of benzene rings is 1. The molecule has 1 aromatic rings. The summed E-state index contributed by atoms with van der Waals surface area (Å²) in [4.78, 5) is 1.22. The molecule has 1 aliphatic carbocycles. The Labute approximate surface area is 135 Å². The van der Waals surface area contributed by atoms with Crippen molar-refractivity contribution in [1.82, 2.24) is 0 Å². The van der Waals surface area contributed by atoms with E-state index >= 15 is 0 Å². The zero-order chi connectivity index (χ0) is 15.3. The number of allylic oxidation sites excluding steroid dienone is 2. The van der Waals surface area contributed by atoms with Crippen LogP contribution in [0, 0.1) is 5.41 Å². The highest BCUT2D eigenvalue weighted by Crippen LogP contribution is 2.35. The van der Waals surface area contributed by atoms with Crippen molar-refractivity contribution < 1.29 is 0 Å². The minimum Gasteiger partial charge on any atom is -0.0887 e. The van der Waals surface area contributed by atoms with Crippen LogP contribution in [-0.2, 0) is 6.42 Å². The smallest absolute Gasteiger partial charge is 0.00466 e. The molecule has 0 aromatic heterocycles. The zero-order valence-corrected chi connectivity index (χ0v) is 14.6. The summed E-state index contributed by atoms with van der Waals surface area (Å²) in [6, 6.07) is 8.74. The molecule has 1 aromatic carbocycles. The van der Waals surface area contributed by atoms with Gasteiger partial charge >= 0.3 is 0 Å². The normalized spacial score (nSPS) is 14.0. The van der Waals surface area contributed by atoms with Crippen LogP contribution in [0.4, 0.5) is 0 Å². The highest BCUT2D eigenvalue weighted by molar-refractivity contribution is 7.80. The topological polar surface area (TPSA) is 0 Å². The maximum Gasteiger partial charge on any atom is 0.00466 e. The minimum absolute atomic E-state index is 0.182. The summed E-state index contributed by atoms with van der Waals surface area (Å²) < 4.78 is 0. The molecule has 0 fully saturated rings. The molecular weight excluding hydrogens is 272 g/mol. The van der Waals surface area contributed by atoms with Gasteiger partial charge in [0.05, 0.1) is 0 Å². The molecule has 1 aliphatic rings. The molecule has 114 valence electrons. The van der Waals surface area contributed by atoms with Gasteiger partial charge in [-0.25, -0.2) is 0 Å². The average Bonchev–Trinajstić information content (AvgIpc) is 2.87. The summed E-state index contributed by atoms with van der Waals surface area (Å²) in [6.45, 7) is 6.91. The Morgan fingerprint density at radius 1 is 1.14 bits per heavy atom. The molecule has 21 heavy (non-hydrogen) atoms. The molecular formula is C20H28S. The SMILES string of the molecule is CCCCCCC(C)(C)C(=S)CC1=CCc2ccccc21. The van der Waals surface area contributed by atoms with Gasteiger partial charge in [0.1, 0.15) is 0 Å². The fourth-order valence-corrected chi connectivity index (χ4v) is 3.33. The van der Waals surface area contributed by atoms with E-state index in [-0.39, 0.29) is 5.41 Å². The number of hydrogen-bond acceptors (Lipinski definition) is 1. The predicted octanol–water partition coefficient (Wildman–Crippen LogP) is 6.38. The summed E-state index contributed by atoms with van der Waals surface area (Å²) in [5.41, 5.74) is 4.50. The Bertz CT molecular complexity index is 522. The van der Waals surface area contributed by atoms with Crippen LogP contribution in [0.25, 0.3) is 5.57 Å². The van der Waals surface area contributed by atoms with Crippen LogP contribution >= 0.6 is 12.2 Å². The van der Waals surface area contributed by atoms with Crippen molar-refractivity contribution in [3.63, 3.8) is 0 Å². The second-order valence-corrected chi connectivity index (χ2v) is 7.38. The lowest BCUT2D eigenvalue weighted by atomic mass is 9.80. The zero-order valence-electron chi connectivity index (χ0n) is 13.7. The van der Waals surface area contributed by atoms with E-state index in [2.05, 4.69) is 51.1 Å². The predicted molar refractivity (Wildman–Crippen MR) is 97.9 cm³/mol. The molecule has 0 radical (unpaired) electrons. The van der Waals surface area contributed by atoms with Gasteiger partial charge in [0.2, 0.25) is 0 Å². The van der Waals surface area contributed by atoms with E-state index in [4.69, 9.17) is 12.2 Å². The van der Waals surface area contributed by atoms with E-state index < -0.39 is 0 Å². The molecule has 0 bridgehead atoms. The van der Waals surface area contributed by atoms with Gasteiger partial charge in [-0.1, -0.05) is 89.0 Å². The second kappa shape index (κ2) is 7.35. The van der Waals surface area contributed by atoms with Crippen LogP contribution in [-0.4, -0.2) is 4.86 Å². The van der Waals surface area contributed by atoms with E-state index in [1.54, 1.807) is 0 Å². The fourth-order valence-electron chi connectivity index (χ4n) is 3.07. The quantitative estimate of drug-likeness (QED) is 0.396. The van der Waals surface area contributed by atoms with Crippen molar-refractivity contribution >= 4 is 22.7 Å². The Balaban J connectivity index is 1.92. The van der Waals surface area contributed by atoms with E-state index in [9.17, 15) is 0 Å². The van der Waals surface area contributed by atoms with Crippen molar-refractivity contribution in [3.8, 4) is 0 Å². The van der Waals surface area contributed by atoms with E-state index in [1.807, 2.05) is 0 Å². The van der Waals surface area contributed by atoms with Crippen molar-refractivity contribution in [2.75, 3.05) is 0 Å². The van der Waals surface area contributed by atoms with Crippen LogP contribution in [0.1, 0.15) is 70.4 Å². The first kappa shape index (κ1) is 16.4. The molecule has 0 N–H and O–H groups in total. The monoisotopic (exact) mass is 300 g/mol. The first-order valence-electron chi connectivity index (χ1n) is 8.35. The molecule has 0 amide bonds. The average molecular weight is 301 g/mol. The minimum atomic E-state index is 0.182. The number of rotatable bonds is 8. The summed E-state index contributed by atoms with van der Waals surface area (Å²) in [5.74, 6) is 0. The summed E-state index contributed by atoms with van der Waals surface area (Å²) in [7, 11) is 0. The van der Waals surface area contributed by atoms with Crippen LogP contribution in [0.2, 0.25) is 0 Å². The number of unbranched alkanes of at least 4 members (excludes halogenated alkanes) is 3. The number of hydrogen-bond donors (Lipinski definition) is 0. The van der Waals surface area contributed by atoms with Gasteiger partial charge in [0.25, 0.3) is 0 Å². The van der Waals surface area contributed by atoms with Gasteiger partial charge in [-0.05, 0) is 35.0 Å². The molecule has 2 rings (SSSR count). The number of thiocarbonyl (C=S) groups is 1. The highest BCUT2D eigenvalue weighted by atomic mass is 32.1. The summed E-state index contributed by atoms with van der Waals surface area (Å²) >= 11 is 5.79. The van der Waals surface area contributed by atoms with Crippen LogP contribution in [0.15, 0.2) is 30.3 Å². The molecule has 0 spiro atoms. The van der Waals surface area contributed by atoms with Gasteiger partial charge in [0, 0.05) is 11.3 Å². The van der Waals surface area contributed by atoms with Gasteiger partial charge in [-0.3, -0.25) is 0 Å². The lowest BCUT2D eigenvalue weighted by Crippen LogP contribution is -2.22.